The van der Waals surface area contributed by atoms with Crippen molar-refractivity contribution in [2.75, 3.05) is 34.5 Å². The van der Waals surface area contributed by atoms with Crippen molar-refractivity contribution in [3.63, 3.8) is 0 Å². The lowest BCUT2D eigenvalue weighted by molar-refractivity contribution is 0.580. The van der Waals surface area contributed by atoms with E-state index in [0.717, 1.165) is 11.3 Å². The first-order chi connectivity index (χ1) is 11.8. The van der Waals surface area contributed by atoms with Crippen molar-refractivity contribution < 1.29 is 33.7 Å². The molecular weight excluding hydrogens is 444 g/mol. The number of fused-ring (bicyclic) bond motifs is 1. The molecule has 0 atom stereocenters. The van der Waals surface area contributed by atoms with E-state index in [1.165, 1.54) is 10.8 Å². The number of rotatable bonds is 0. The Labute approximate surface area is 158 Å². The molecule has 150 valence electrons. The Kier molecular flexibility index (Phi) is 6.59. The van der Waals surface area contributed by atoms with Gasteiger partial charge >= 0.3 is 0 Å². The van der Waals surface area contributed by atoms with E-state index in [1.54, 1.807) is 0 Å². The van der Waals surface area contributed by atoms with Gasteiger partial charge in [-0.3, -0.25) is 0 Å². The maximum absolute atomic E-state index is 12.4. The maximum atomic E-state index is 12.4. The molecule has 0 aromatic carbocycles. The van der Waals surface area contributed by atoms with Crippen molar-refractivity contribution in [2.24, 2.45) is 0 Å². The van der Waals surface area contributed by atoms with Crippen LogP contribution in [0.4, 0.5) is 0 Å². The fourth-order valence-electron chi connectivity index (χ4n) is 2.59. The average molecular weight is 465 g/mol. The van der Waals surface area contributed by atoms with Gasteiger partial charge in [0.05, 0.1) is 44.3 Å². The zero-order chi connectivity index (χ0) is 19.6. The normalized spacial score (nSPS) is 26.0. The van der Waals surface area contributed by atoms with Gasteiger partial charge in [-0.1, -0.05) is 0 Å². The highest BCUT2D eigenvalue weighted by molar-refractivity contribution is 7.95. The van der Waals surface area contributed by atoms with Gasteiger partial charge < -0.3 is 0 Å². The van der Waals surface area contributed by atoms with Crippen LogP contribution in [0.5, 0.6) is 0 Å². The van der Waals surface area contributed by atoms with Gasteiger partial charge in [-0.25, -0.2) is 33.7 Å². The third-order valence-corrected chi connectivity index (χ3v) is 12.4. The molecule has 0 unspecified atom stereocenters. The summed E-state index contributed by atoms with van der Waals surface area (Å²) in [7, 11) is -15.0. The fourth-order valence-corrected chi connectivity index (χ4v) is 11.1. The molecule has 0 spiro atoms. The molecule has 1 aliphatic heterocycles. The molecule has 0 radical (unpaired) electrons. The highest BCUT2D eigenvalue weighted by Crippen LogP contribution is 2.28. The van der Waals surface area contributed by atoms with Gasteiger partial charge in [0.1, 0.15) is 19.7 Å². The van der Waals surface area contributed by atoms with Gasteiger partial charge in [0.25, 0.3) is 0 Å². The minimum atomic E-state index is -3.95. The molecule has 0 amide bonds. The van der Waals surface area contributed by atoms with E-state index in [0.29, 0.717) is 0 Å². The maximum Gasteiger partial charge on any atom is 0.180 e. The smallest absolute Gasteiger partial charge is 0.180 e. The SMILES string of the molecule is O=S1(=O)CCCS(=O)(=O)CCCS(=O)(=O)c2cscc2S(=O)(=O)CCC1. The van der Waals surface area contributed by atoms with Gasteiger partial charge in [-0.2, -0.15) is 0 Å². The summed E-state index contributed by atoms with van der Waals surface area (Å²) < 4.78 is 97.6. The summed E-state index contributed by atoms with van der Waals surface area (Å²) in [4.78, 5) is -0.671. The molecule has 2 rings (SSSR count). The molecule has 0 aliphatic carbocycles. The highest BCUT2D eigenvalue weighted by Gasteiger charge is 2.29. The fraction of sp³-hybridized carbons (Fsp3) is 0.692. The van der Waals surface area contributed by atoms with Crippen LogP contribution in [0.3, 0.4) is 0 Å². The number of thiophene rings is 1. The van der Waals surface area contributed by atoms with E-state index >= 15 is 0 Å². The molecule has 8 nitrogen and oxygen atoms in total. The topological polar surface area (TPSA) is 137 Å². The van der Waals surface area contributed by atoms with Crippen LogP contribution in [-0.2, 0) is 39.3 Å². The van der Waals surface area contributed by atoms with Gasteiger partial charge in [0.2, 0.25) is 0 Å². The molecule has 26 heavy (non-hydrogen) atoms. The monoisotopic (exact) mass is 464 g/mol. The van der Waals surface area contributed by atoms with Crippen molar-refractivity contribution in [3.8, 4) is 0 Å². The molecule has 13 heteroatoms. The second-order valence-electron chi connectivity index (χ2n) is 6.10. The molecule has 2 heterocycles. The quantitative estimate of drug-likeness (QED) is 0.535. The summed E-state index contributed by atoms with van der Waals surface area (Å²) in [5.74, 6) is -2.42. The van der Waals surface area contributed by atoms with Crippen molar-refractivity contribution in [1.82, 2.24) is 0 Å². The van der Waals surface area contributed by atoms with Crippen LogP contribution >= 0.6 is 11.3 Å². The van der Waals surface area contributed by atoms with E-state index in [9.17, 15) is 33.7 Å². The Hall–Kier alpha value is -0.500. The van der Waals surface area contributed by atoms with Crippen LogP contribution in [0.2, 0.25) is 0 Å². The van der Waals surface area contributed by atoms with E-state index in [-0.39, 0.29) is 40.6 Å². The van der Waals surface area contributed by atoms with Crippen LogP contribution in [0.15, 0.2) is 20.6 Å². The molecule has 0 bridgehead atoms. The van der Waals surface area contributed by atoms with Crippen molar-refractivity contribution in [2.45, 2.75) is 29.1 Å². The number of hydrogen-bond acceptors (Lipinski definition) is 9. The predicted molar refractivity (Wildman–Crippen MR) is 99.6 cm³/mol. The highest BCUT2D eigenvalue weighted by atomic mass is 32.2. The molecular formula is C13H20O8S5. The molecule has 0 saturated heterocycles. The summed E-state index contributed by atoms with van der Waals surface area (Å²) in [5, 5.41) is 2.43. The lowest BCUT2D eigenvalue weighted by Gasteiger charge is -2.07. The minimum Gasteiger partial charge on any atom is -0.229 e. The Bertz CT molecular complexity index is 975. The number of sulfone groups is 4. The van der Waals surface area contributed by atoms with E-state index < -0.39 is 62.4 Å². The lowest BCUT2D eigenvalue weighted by atomic mass is 10.6. The standard InChI is InChI=1S/C13H20O8S5/c14-23(15)4-1-5-24(16,17)7-3-9-26(20,21)13-11-22-10-12(13)25(18,19)8-2-6-23/h10-11H,1-9H2. The summed E-state index contributed by atoms with van der Waals surface area (Å²) in [5.41, 5.74) is 0. The minimum absolute atomic E-state index is 0.0862. The first kappa shape index (κ1) is 21.8. The van der Waals surface area contributed by atoms with Crippen LogP contribution in [0.25, 0.3) is 0 Å². The van der Waals surface area contributed by atoms with Crippen LogP contribution in [0.1, 0.15) is 19.3 Å². The summed E-state index contributed by atoms with van der Waals surface area (Å²) in [6.07, 6.45) is -0.434. The molecule has 0 saturated carbocycles. The largest absolute Gasteiger partial charge is 0.229 e. The van der Waals surface area contributed by atoms with Gasteiger partial charge in [0.15, 0.2) is 19.7 Å². The van der Waals surface area contributed by atoms with Crippen LogP contribution in [-0.4, -0.2) is 68.2 Å². The van der Waals surface area contributed by atoms with Crippen molar-refractivity contribution in [1.29, 1.82) is 0 Å². The molecule has 0 N–H and O–H groups in total. The Balaban J connectivity index is 2.40. The van der Waals surface area contributed by atoms with Crippen LogP contribution in [0, 0.1) is 0 Å². The summed E-state index contributed by atoms with van der Waals surface area (Å²) in [6.45, 7) is 0. The van der Waals surface area contributed by atoms with E-state index in [4.69, 9.17) is 0 Å². The van der Waals surface area contributed by atoms with Crippen LogP contribution < -0.4 is 0 Å². The van der Waals surface area contributed by atoms with Crippen molar-refractivity contribution >= 4 is 50.7 Å². The third-order valence-electron chi connectivity index (χ3n) is 3.91. The zero-order valence-electron chi connectivity index (χ0n) is 13.8. The first-order valence-electron chi connectivity index (χ1n) is 7.77. The average Bonchev–Trinajstić information content (AvgIpc) is 2.96. The zero-order valence-corrected chi connectivity index (χ0v) is 17.9. The second kappa shape index (κ2) is 7.86. The Morgan fingerprint density at radius 3 is 1.19 bits per heavy atom. The lowest BCUT2D eigenvalue weighted by Crippen LogP contribution is -2.19. The Morgan fingerprint density at radius 1 is 0.538 bits per heavy atom. The summed E-state index contributed by atoms with van der Waals surface area (Å²) in [6, 6.07) is 0. The molecule has 0 fully saturated rings. The first-order valence-corrected chi connectivity index (χ1v) is 15.7. The number of hydrogen-bond donors (Lipinski definition) is 0. The molecule has 1 aromatic heterocycles. The van der Waals surface area contributed by atoms with Gasteiger partial charge in [-0.05, 0) is 19.3 Å². The van der Waals surface area contributed by atoms with Gasteiger partial charge in [0, 0.05) is 10.8 Å². The summed E-state index contributed by atoms with van der Waals surface area (Å²) >= 11 is 0.919. The van der Waals surface area contributed by atoms with Crippen molar-refractivity contribution in [3.05, 3.63) is 10.8 Å². The van der Waals surface area contributed by atoms with Gasteiger partial charge in [-0.15, -0.1) is 11.3 Å². The molecule has 1 aliphatic rings. The van der Waals surface area contributed by atoms with E-state index in [2.05, 4.69) is 0 Å². The predicted octanol–water partition coefficient (Wildman–Crippen LogP) is 0.309. The third kappa shape index (κ3) is 5.75. The Morgan fingerprint density at radius 2 is 0.846 bits per heavy atom. The molecule has 1 aromatic rings. The second-order valence-corrected chi connectivity index (χ2v) is 15.6. The van der Waals surface area contributed by atoms with E-state index in [1.807, 2.05) is 0 Å².